The molecule has 0 aliphatic carbocycles. The van der Waals surface area contributed by atoms with E-state index in [9.17, 15) is 18.0 Å². The normalized spacial score (nSPS) is 12.6. The average molecular weight is 298 g/mol. The third kappa shape index (κ3) is 4.67. The highest BCUT2D eigenvalue weighted by atomic mass is 32.2. The fraction of sp³-hybridized carbons (Fsp3) is 0. The maximum absolute atomic E-state index is 10.8. The molecule has 20 heavy (non-hydrogen) atoms. The topological polar surface area (TPSA) is 129 Å². The number of carbonyl (C=O) groups is 2. The van der Waals surface area contributed by atoms with E-state index in [1.54, 1.807) is 0 Å². The molecule has 106 valence electrons. The second-order valence-corrected chi connectivity index (χ2v) is 5.04. The van der Waals surface area contributed by atoms with Crippen LogP contribution in [0.3, 0.4) is 0 Å². The monoisotopic (exact) mass is 298 g/mol. The molecule has 0 unspecified atom stereocenters. The second kappa shape index (κ2) is 6.13. The van der Waals surface area contributed by atoms with Crippen molar-refractivity contribution in [3.63, 3.8) is 0 Å². The molecule has 3 N–H and O–H groups in total. The van der Waals surface area contributed by atoms with Gasteiger partial charge in [0.25, 0.3) is 10.1 Å². The predicted molar refractivity (Wildman–Crippen MR) is 68.6 cm³/mol. The molecule has 1 rings (SSSR count). The lowest BCUT2D eigenvalue weighted by molar-refractivity contribution is -0.134. The van der Waals surface area contributed by atoms with Crippen LogP contribution in [0.15, 0.2) is 46.9 Å². The highest BCUT2D eigenvalue weighted by Crippen LogP contribution is 2.12. The quantitative estimate of drug-likeness (QED) is 0.420. The molecule has 1 aromatic carbocycles. The Kier molecular flexibility index (Phi) is 4.78. The molecule has 0 radical (unpaired) electrons. The van der Waals surface area contributed by atoms with Crippen LogP contribution in [0.4, 0.5) is 0 Å². The van der Waals surface area contributed by atoms with E-state index in [1.165, 1.54) is 18.2 Å². The molecule has 0 saturated carbocycles. The van der Waals surface area contributed by atoms with Crippen LogP contribution in [0.25, 0.3) is 6.08 Å². The number of hydrogen-bond donors (Lipinski definition) is 3. The van der Waals surface area contributed by atoms with Crippen LogP contribution in [0.1, 0.15) is 5.56 Å². The maximum atomic E-state index is 10.8. The summed E-state index contributed by atoms with van der Waals surface area (Å²) in [4.78, 5) is 20.9. The molecule has 0 atom stereocenters. The predicted octanol–water partition coefficient (Wildman–Crippen LogP) is 1.04. The molecule has 0 spiro atoms. The smallest absolute Gasteiger partial charge is 0.335 e. The number of carboxylic acid groups (broad SMARTS) is 2. The Morgan fingerprint density at radius 3 is 2.00 bits per heavy atom. The Bertz CT molecular complexity index is 681. The first-order valence-electron chi connectivity index (χ1n) is 5.13. The maximum Gasteiger partial charge on any atom is 0.335 e. The van der Waals surface area contributed by atoms with Gasteiger partial charge in [-0.05, 0) is 23.8 Å². The van der Waals surface area contributed by atoms with Crippen molar-refractivity contribution in [1.82, 2.24) is 0 Å². The van der Waals surface area contributed by atoms with Gasteiger partial charge in [-0.2, -0.15) is 8.42 Å². The van der Waals surface area contributed by atoms with Gasteiger partial charge in [0.15, 0.2) is 0 Å². The minimum Gasteiger partial charge on any atom is -0.478 e. The van der Waals surface area contributed by atoms with Crippen molar-refractivity contribution in [2.45, 2.75) is 4.90 Å². The van der Waals surface area contributed by atoms with E-state index in [0.717, 1.165) is 18.2 Å². The van der Waals surface area contributed by atoms with Crippen LogP contribution < -0.4 is 0 Å². The van der Waals surface area contributed by atoms with Crippen molar-refractivity contribution < 1.29 is 32.8 Å². The summed E-state index contributed by atoms with van der Waals surface area (Å²) in [5.41, 5.74) is 0.00583. The van der Waals surface area contributed by atoms with E-state index < -0.39 is 27.6 Å². The number of aliphatic carboxylic acids is 2. The molecule has 0 aromatic heterocycles. The van der Waals surface area contributed by atoms with Gasteiger partial charge < -0.3 is 10.2 Å². The van der Waals surface area contributed by atoms with Gasteiger partial charge in [-0.15, -0.1) is 0 Å². The van der Waals surface area contributed by atoms with Crippen molar-refractivity contribution in [3.05, 3.63) is 47.6 Å². The summed E-state index contributed by atoms with van der Waals surface area (Å²) in [7, 11) is -4.29. The third-order valence-electron chi connectivity index (χ3n) is 2.16. The zero-order valence-corrected chi connectivity index (χ0v) is 10.7. The molecule has 0 aliphatic rings. The van der Waals surface area contributed by atoms with Gasteiger partial charge in [0.2, 0.25) is 0 Å². The van der Waals surface area contributed by atoms with Gasteiger partial charge in [0.05, 0.1) is 10.5 Å². The lowest BCUT2D eigenvalue weighted by Gasteiger charge is -1.98. The van der Waals surface area contributed by atoms with Crippen molar-refractivity contribution in [3.8, 4) is 0 Å². The Morgan fingerprint density at radius 1 is 1.05 bits per heavy atom. The summed E-state index contributed by atoms with van der Waals surface area (Å²) in [6.07, 6.45) is 2.90. The lowest BCUT2D eigenvalue weighted by Crippen LogP contribution is -2.01. The first-order chi connectivity index (χ1) is 9.20. The summed E-state index contributed by atoms with van der Waals surface area (Å²) < 4.78 is 30.4. The summed E-state index contributed by atoms with van der Waals surface area (Å²) in [6.45, 7) is 0. The number of benzene rings is 1. The van der Waals surface area contributed by atoms with E-state index in [0.29, 0.717) is 11.6 Å². The molecule has 0 amide bonds. The summed E-state index contributed by atoms with van der Waals surface area (Å²) >= 11 is 0. The molecule has 8 heteroatoms. The molecule has 0 aliphatic heterocycles. The Morgan fingerprint density at radius 2 is 1.60 bits per heavy atom. The number of carboxylic acids is 2. The highest BCUT2D eigenvalue weighted by molar-refractivity contribution is 7.85. The fourth-order valence-electron chi connectivity index (χ4n) is 1.25. The van der Waals surface area contributed by atoms with Gasteiger partial charge >= 0.3 is 11.9 Å². The van der Waals surface area contributed by atoms with Crippen LogP contribution in [-0.2, 0) is 19.7 Å². The molecule has 0 saturated heterocycles. The summed E-state index contributed by atoms with van der Waals surface area (Å²) in [6, 6.07) is 4.94. The van der Waals surface area contributed by atoms with Crippen molar-refractivity contribution in [1.29, 1.82) is 0 Å². The summed E-state index contributed by atoms with van der Waals surface area (Å²) in [5, 5.41) is 17.2. The average Bonchev–Trinajstić information content (AvgIpc) is 2.33. The van der Waals surface area contributed by atoms with Crippen molar-refractivity contribution >= 4 is 28.1 Å². The van der Waals surface area contributed by atoms with Gasteiger partial charge in [-0.3, -0.25) is 4.55 Å². The molecule has 1 aromatic rings. The van der Waals surface area contributed by atoms with Crippen molar-refractivity contribution in [2.24, 2.45) is 0 Å². The van der Waals surface area contributed by atoms with Crippen LogP contribution in [0.5, 0.6) is 0 Å². The van der Waals surface area contributed by atoms with E-state index in [4.69, 9.17) is 14.8 Å². The van der Waals surface area contributed by atoms with Gasteiger partial charge in [0.1, 0.15) is 0 Å². The minimum atomic E-state index is -4.29. The zero-order chi connectivity index (χ0) is 15.3. The summed E-state index contributed by atoms with van der Waals surface area (Å²) in [5.74, 6) is -2.80. The first kappa shape index (κ1) is 15.6. The fourth-order valence-corrected chi connectivity index (χ4v) is 1.73. The van der Waals surface area contributed by atoms with E-state index in [1.807, 2.05) is 0 Å². The molecule has 0 heterocycles. The van der Waals surface area contributed by atoms with Crippen LogP contribution >= 0.6 is 0 Å². The van der Waals surface area contributed by atoms with E-state index in [-0.39, 0.29) is 4.90 Å². The van der Waals surface area contributed by atoms with E-state index in [2.05, 4.69) is 0 Å². The number of hydrogen-bond acceptors (Lipinski definition) is 4. The minimum absolute atomic E-state index is 0.297. The molecular formula is C12H10O7S. The van der Waals surface area contributed by atoms with E-state index >= 15 is 0 Å². The highest BCUT2D eigenvalue weighted by Gasteiger charge is 2.08. The molecule has 0 fully saturated rings. The number of rotatable bonds is 5. The van der Waals surface area contributed by atoms with Gasteiger partial charge in [0, 0.05) is 6.08 Å². The van der Waals surface area contributed by atoms with Crippen molar-refractivity contribution in [2.75, 3.05) is 0 Å². The Balaban J connectivity index is 3.01. The first-order valence-corrected chi connectivity index (χ1v) is 6.57. The molecule has 7 nitrogen and oxygen atoms in total. The SMILES string of the molecule is O=C(O)/C=C(/C=Cc1ccc(S(=O)(=O)O)cc1)C(=O)O. The lowest BCUT2D eigenvalue weighted by atomic mass is 10.1. The second-order valence-electron chi connectivity index (χ2n) is 3.62. The third-order valence-corrected chi connectivity index (χ3v) is 3.03. The Labute approximate surface area is 114 Å². The standard InChI is InChI=1S/C12H10O7S/c13-11(14)7-9(12(15)16)4-1-8-2-5-10(6-3-8)20(17,18)19/h1-7H,(H,13,14)(H,15,16)(H,17,18,19)/b4-1?,9-7-. The van der Waals surface area contributed by atoms with Crippen LogP contribution in [0.2, 0.25) is 0 Å². The van der Waals surface area contributed by atoms with Gasteiger partial charge in [-0.1, -0.05) is 18.2 Å². The van der Waals surface area contributed by atoms with Crippen LogP contribution in [0, 0.1) is 0 Å². The Hall–Kier alpha value is -2.45. The molecular weight excluding hydrogens is 288 g/mol. The zero-order valence-electron chi connectivity index (χ0n) is 9.92. The van der Waals surface area contributed by atoms with Gasteiger partial charge in [-0.25, -0.2) is 9.59 Å². The van der Waals surface area contributed by atoms with Crippen LogP contribution in [-0.4, -0.2) is 35.1 Å². The largest absolute Gasteiger partial charge is 0.478 e. The molecule has 0 bridgehead atoms.